The van der Waals surface area contributed by atoms with Gasteiger partial charge >= 0.3 is 0 Å². The number of anilines is 2. The molecule has 1 saturated carbocycles. The molecule has 148 valence electrons. The van der Waals surface area contributed by atoms with Gasteiger partial charge in [0.2, 0.25) is 5.91 Å². The maximum atomic E-state index is 12.5. The second kappa shape index (κ2) is 10.0. The van der Waals surface area contributed by atoms with Gasteiger partial charge in [0.05, 0.1) is 0 Å². The number of carbonyl (C=O) groups excluding carboxylic acids is 2. The summed E-state index contributed by atoms with van der Waals surface area (Å²) in [4.78, 5) is 24.8. The number of amides is 2. The van der Waals surface area contributed by atoms with E-state index in [1.54, 1.807) is 18.2 Å². The van der Waals surface area contributed by atoms with E-state index in [2.05, 4.69) is 10.6 Å². The van der Waals surface area contributed by atoms with E-state index in [1.807, 2.05) is 30.3 Å². The molecule has 1 fully saturated rings. The topological polar surface area (TPSA) is 84.2 Å². The van der Waals surface area contributed by atoms with E-state index in [1.165, 1.54) is 32.1 Å². The summed E-state index contributed by atoms with van der Waals surface area (Å²) in [6.07, 6.45) is 7.88. The maximum absolute atomic E-state index is 12.5. The van der Waals surface area contributed by atoms with Crippen LogP contribution in [0.25, 0.3) is 0 Å². The highest BCUT2D eigenvalue weighted by Gasteiger charge is 2.15. The summed E-state index contributed by atoms with van der Waals surface area (Å²) < 4.78 is 0. The minimum absolute atomic E-state index is 0.0198. The largest absolute Gasteiger partial charge is 0.326 e. The molecule has 4 N–H and O–H groups in total. The van der Waals surface area contributed by atoms with Crippen molar-refractivity contribution in [3.8, 4) is 0 Å². The Morgan fingerprint density at radius 1 is 0.964 bits per heavy atom. The summed E-state index contributed by atoms with van der Waals surface area (Å²) in [6, 6.07) is 14.5. The van der Waals surface area contributed by atoms with Gasteiger partial charge in [0.1, 0.15) is 0 Å². The Bertz CT molecular complexity index is 799. The van der Waals surface area contributed by atoms with Crippen LogP contribution in [0.5, 0.6) is 0 Å². The van der Waals surface area contributed by atoms with Crippen LogP contribution in [0.3, 0.4) is 0 Å². The highest BCUT2D eigenvalue weighted by Crippen LogP contribution is 2.27. The molecule has 0 radical (unpaired) electrons. The maximum Gasteiger partial charge on any atom is 0.255 e. The quantitative estimate of drug-likeness (QED) is 0.652. The Labute approximate surface area is 166 Å². The Morgan fingerprint density at radius 3 is 2.43 bits per heavy atom. The van der Waals surface area contributed by atoms with Crippen LogP contribution in [0, 0.1) is 5.92 Å². The van der Waals surface area contributed by atoms with Gasteiger partial charge in [-0.3, -0.25) is 9.59 Å². The molecule has 0 bridgehead atoms. The number of nitrogens with one attached hydrogen (secondary N) is 2. The molecule has 0 aliphatic heterocycles. The first-order valence-electron chi connectivity index (χ1n) is 10.1. The van der Waals surface area contributed by atoms with Gasteiger partial charge in [-0.15, -0.1) is 0 Å². The Morgan fingerprint density at radius 2 is 1.71 bits per heavy atom. The molecule has 1 aliphatic rings. The van der Waals surface area contributed by atoms with Gasteiger partial charge in [0, 0.05) is 29.9 Å². The molecule has 5 nitrogen and oxygen atoms in total. The third-order valence-electron chi connectivity index (χ3n) is 5.40. The predicted molar refractivity (Wildman–Crippen MR) is 113 cm³/mol. The van der Waals surface area contributed by atoms with Crippen molar-refractivity contribution in [2.75, 3.05) is 10.6 Å². The summed E-state index contributed by atoms with van der Waals surface area (Å²) in [6.45, 7) is 0.306. The predicted octanol–water partition coefficient (Wildman–Crippen LogP) is 4.70. The van der Waals surface area contributed by atoms with E-state index < -0.39 is 0 Å². The summed E-state index contributed by atoms with van der Waals surface area (Å²) in [5, 5.41) is 5.86. The van der Waals surface area contributed by atoms with Gasteiger partial charge in [0.25, 0.3) is 5.91 Å². The Balaban J connectivity index is 1.61. The average Bonchev–Trinajstić information content (AvgIpc) is 2.74. The number of hydrogen-bond donors (Lipinski definition) is 3. The molecule has 0 spiro atoms. The summed E-state index contributed by atoms with van der Waals surface area (Å²) in [5.41, 5.74) is 8.51. The van der Waals surface area contributed by atoms with Crippen molar-refractivity contribution in [2.24, 2.45) is 11.7 Å². The van der Waals surface area contributed by atoms with Gasteiger partial charge in [-0.2, -0.15) is 0 Å². The fraction of sp³-hybridized carbons (Fsp3) is 0.391. The lowest BCUT2D eigenvalue weighted by molar-refractivity contribution is -0.116. The molecule has 1 aliphatic carbocycles. The molecule has 2 amide bonds. The van der Waals surface area contributed by atoms with Crippen molar-refractivity contribution in [3.05, 3.63) is 59.7 Å². The zero-order valence-electron chi connectivity index (χ0n) is 16.2. The third-order valence-corrected chi connectivity index (χ3v) is 5.40. The Hall–Kier alpha value is -2.66. The number of nitrogens with two attached hydrogens (primary N) is 1. The lowest BCUT2D eigenvalue weighted by Crippen LogP contribution is -2.17. The van der Waals surface area contributed by atoms with E-state index in [4.69, 9.17) is 5.73 Å². The lowest BCUT2D eigenvalue weighted by atomic mass is 9.86. The zero-order valence-corrected chi connectivity index (χ0v) is 16.2. The highest BCUT2D eigenvalue weighted by atomic mass is 16.2. The molecule has 2 aromatic carbocycles. The van der Waals surface area contributed by atoms with Gasteiger partial charge in [-0.25, -0.2) is 0 Å². The summed E-state index contributed by atoms with van der Waals surface area (Å²) >= 11 is 0. The molecule has 0 atom stereocenters. The molecule has 3 rings (SSSR count). The zero-order chi connectivity index (χ0) is 19.8. The van der Waals surface area contributed by atoms with Crippen LogP contribution < -0.4 is 16.4 Å². The minimum Gasteiger partial charge on any atom is -0.326 e. The molecule has 0 aromatic heterocycles. The molecule has 28 heavy (non-hydrogen) atoms. The first-order chi connectivity index (χ1) is 13.7. The van der Waals surface area contributed by atoms with Crippen molar-refractivity contribution < 1.29 is 9.59 Å². The minimum atomic E-state index is -0.198. The summed E-state index contributed by atoms with van der Waals surface area (Å²) in [5.74, 6) is 0.502. The normalized spacial score (nSPS) is 14.5. The number of hydrogen-bond acceptors (Lipinski definition) is 3. The SMILES string of the molecule is NCc1ccc(NC(=O)CCC2CCCCC2)cc1NC(=O)c1ccccc1. The molecular weight excluding hydrogens is 350 g/mol. The van der Waals surface area contributed by atoms with E-state index in [9.17, 15) is 9.59 Å². The lowest BCUT2D eigenvalue weighted by Gasteiger charge is -2.21. The first-order valence-corrected chi connectivity index (χ1v) is 10.1. The fourth-order valence-corrected chi connectivity index (χ4v) is 3.77. The second-order valence-corrected chi connectivity index (χ2v) is 7.49. The molecule has 0 saturated heterocycles. The van der Waals surface area contributed by atoms with Crippen molar-refractivity contribution in [3.63, 3.8) is 0 Å². The van der Waals surface area contributed by atoms with Crippen LogP contribution >= 0.6 is 0 Å². The monoisotopic (exact) mass is 379 g/mol. The van der Waals surface area contributed by atoms with Crippen molar-refractivity contribution in [1.82, 2.24) is 0 Å². The van der Waals surface area contributed by atoms with Crippen LogP contribution in [0.1, 0.15) is 60.9 Å². The van der Waals surface area contributed by atoms with Gasteiger partial charge in [0.15, 0.2) is 0 Å². The van der Waals surface area contributed by atoms with Crippen LogP contribution in [-0.2, 0) is 11.3 Å². The van der Waals surface area contributed by atoms with Gasteiger partial charge in [-0.1, -0.05) is 56.4 Å². The van der Waals surface area contributed by atoms with Crippen molar-refractivity contribution in [1.29, 1.82) is 0 Å². The second-order valence-electron chi connectivity index (χ2n) is 7.49. The molecule has 5 heteroatoms. The smallest absolute Gasteiger partial charge is 0.255 e. The van der Waals surface area contributed by atoms with Crippen LogP contribution in [0.2, 0.25) is 0 Å². The van der Waals surface area contributed by atoms with Gasteiger partial charge in [-0.05, 0) is 42.2 Å². The van der Waals surface area contributed by atoms with Crippen molar-refractivity contribution in [2.45, 2.75) is 51.5 Å². The van der Waals surface area contributed by atoms with E-state index in [0.29, 0.717) is 35.8 Å². The van der Waals surface area contributed by atoms with E-state index in [0.717, 1.165) is 12.0 Å². The first kappa shape index (κ1) is 20.1. The standard InChI is InChI=1S/C23H29N3O2/c24-16-19-12-13-20(25-22(27)14-11-17-7-3-1-4-8-17)15-21(19)26-23(28)18-9-5-2-6-10-18/h2,5-6,9-10,12-13,15,17H,1,3-4,7-8,11,14,16,24H2,(H,25,27)(H,26,28). The fourth-order valence-electron chi connectivity index (χ4n) is 3.77. The molecular formula is C23H29N3O2. The van der Waals surface area contributed by atoms with Crippen molar-refractivity contribution >= 4 is 23.2 Å². The Kier molecular flexibility index (Phi) is 7.20. The molecule has 0 unspecified atom stereocenters. The number of benzene rings is 2. The van der Waals surface area contributed by atoms with Crippen LogP contribution in [-0.4, -0.2) is 11.8 Å². The van der Waals surface area contributed by atoms with E-state index in [-0.39, 0.29) is 11.8 Å². The third kappa shape index (κ3) is 5.67. The van der Waals surface area contributed by atoms with E-state index >= 15 is 0 Å². The molecule has 2 aromatic rings. The average molecular weight is 380 g/mol. The summed E-state index contributed by atoms with van der Waals surface area (Å²) in [7, 11) is 0. The highest BCUT2D eigenvalue weighted by molar-refractivity contribution is 6.05. The van der Waals surface area contributed by atoms with Crippen LogP contribution in [0.4, 0.5) is 11.4 Å². The van der Waals surface area contributed by atoms with Crippen LogP contribution in [0.15, 0.2) is 48.5 Å². The number of rotatable bonds is 7. The van der Waals surface area contributed by atoms with Gasteiger partial charge < -0.3 is 16.4 Å². The number of carbonyl (C=O) groups is 2. The molecule has 0 heterocycles.